The van der Waals surface area contributed by atoms with Crippen LogP contribution in [0, 0.1) is 0 Å². The Hall–Kier alpha value is -2.87. The number of hydrogen-bond acceptors (Lipinski definition) is 6. The molecule has 0 bridgehead atoms. The first-order valence-corrected chi connectivity index (χ1v) is 8.21. The second kappa shape index (κ2) is 8.29. The number of pyridine rings is 2. The molecule has 0 spiro atoms. The van der Waals surface area contributed by atoms with Crippen LogP contribution in [0.2, 0.25) is 0 Å². The first-order chi connectivity index (χ1) is 12.3. The number of urea groups is 1. The topological polar surface area (TPSA) is 91.4 Å². The number of aromatic nitrogens is 2. The van der Waals surface area contributed by atoms with Gasteiger partial charge in [-0.05, 0) is 18.2 Å². The fourth-order valence-corrected chi connectivity index (χ4v) is 2.59. The van der Waals surface area contributed by atoms with E-state index in [9.17, 15) is 4.79 Å². The molecule has 2 aromatic rings. The number of rotatable bonds is 5. The number of nitrogens with zero attached hydrogens (tertiary/aromatic N) is 3. The van der Waals surface area contributed by atoms with Crippen molar-refractivity contribution in [2.45, 2.75) is 6.54 Å². The van der Waals surface area contributed by atoms with Crippen molar-refractivity contribution in [3.63, 3.8) is 0 Å². The third kappa shape index (κ3) is 4.57. The Kier molecular flexibility index (Phi) is 5.63. The number of carbonyl (C=O) groups is 1. The summed E-state index contributed by atoms with van der Waals surface area (Å²) in [5.74, 6) is 1.64. The minimum Gasteiger partial charge on any atom is -0.378 e. The lowest BCUT2D eigenvalue weighted by Crippen LogP contribution is -2.38. The average Bonchev–Trinajstić information content (AvgIpc) is 2.68. The maximum Gasteiger partial charge on any atom is 0.319 e. The van der Waals surface area contributed by atoms with Gasteiger partial charge in [0.15, 0.2) is 0 Å². The zero-order chi connectivity index (χ0) is 17.5. The predicted octanol–water partition coefficient (Wildman–Crippen LogP) is 1.68. The smallest absolute Gasteiger partial charge is 0.319 e. The van der Waals surface area contributed by atoms with Gasteiger partial charge < -0.3 is 25.6 Å². The molecule has 2 amide bonds. The fourth-order valence-electron chi connectivity index (χ4n) is 2.59. The lowest BCUT2D eigenvalue weighted by atomic mass is 10.2. The Labute approximate surface area is 146 Å². The summed E-state index contributed by atoms with van der Waals surface area (Å²) in [5.41, 5.74) is 1.61. The molecule has 0 aromatic carbocycles. The van der Waals surface area contributed by atoms with E-state index in [0.29, 0.717) is 25.4 Å². The van der Waals surface area contributed by atoms with Crippen LogP contribution in [0.25, 0.3) is 0 Å². The number of morpholine rings is 1. The van der Waals surface area contributed by atoms with Gasteiger partial charge in [-0.2, -0.15) is 0 Å². The van der Waals surface area contributed by atoms with Gasteiger partial charge in [0.1, 0.15) is 11.6 Å². The Balaban J connectivity index is 1.58. The molecule has 25 heavy (non-hydrogen) atoms. The number of carbonyl (C=O) groups excluding carboxylic acids is 1. The highest BCUT2D eigenvalue weighted by Crippen LogP contribution is 2.18. The van der Waals surface area contributed by atoms with Gasteiger partial charge in [0, 0.05) is 38.4 Å². The lowest BCUT2D eigenvalue weighted by Gasteiger charge is -2.29. The highest BCUT2D eigenvalue weighted by molar-refractivity contribution is 5.89. The fraction of sp³-hybridized carbons (Fsp3) is 0.353. The van der Waals surface area contributed by atoms with Crippen LogP contribution in [0.3, 0.4) is 0 Å². The van der Waals surface area contributed by atoms with Gasteiger partial charge in [-0.1, -0.05) is 6.07 Å². The lowest BCUT2D eigenvalue weighted by molar-refractivity contribution is 0.122. The van der Waals surface area contributed by atoms with Crippen molar-refractivity contribution in [3.8, 4) is 0 Å². The number of amides is 2. The molecule has 3 heterocycles. The molecule has 8 heteroatoms. The molecular formula is C17H22N6O2. The molecule has 0 unspecified atom stereocenters. The van der Waals surface area contributed by atoms with E-state index < -0.39 is 0 Å². The second-order valence-corrected chi connectivity index (χ2v) is 5.58. The van der Waals surface area contributed by atoms with Gasteiger partial charge in [-0.3, -0.25) is 0 Å². The highest BCUT2D eigenvalue weighted by atomic mass is 16.5. The molecule has 3 rings (SSSR count). The molecule has 132 valence electrons. The van der Waals surface area contributed by atoms with E-state index in [2.05, 4.69) is 30.8 Å². The second-order valence-electron chi connectivity index (χ2n) is 5.58. The first-order valence-electron chi connectivity index (χ1n) is 8.21. The van der Waals surface area contributed by atoms with Crippen LogP contribution in [0.4, 0.5) is 22.1 Å². The quantitative estimate of drug-likeness (QED) is 0.766. The van der Waals surface area contributed by atoms with E-state index in [4.69, 9.17) is 4.74 Å². The summed E-state index contributed by atoms with van der Waals surface area (Å²) in [7, 11) is 1.79. The SMILES string of the molecule is CNc1ccc(NC(=O)NCc2cccnc2N2CCOCC2)cn1. The Bertz CT molecular complexity index is 701. The van der Waals surface area contributed by atoms with Gasteiger partial charge in [0.2, 0.25) is 0 Å². The van der Waals surface area contributed by atoms with Crippen LogP contribution in [0.1, 0.15) is 5.56 Å². The van der Waals surface area contributed by atoms with E-state index >= 15 is 0 Å². The summed E-state index contributed by atoms with van der Waals surface area (Å²) >= 11 is 0. The Morgan fingerprint density at radius 1 is 1.24 bits per heavy atom. The molecule has 0 radical (unpaired) electrons. The number of hydrogen-bond donors (Lipinski definition) is 3. The summed E-state index contributed by atoms with van der Waals surface area (Å²) in [6, 6.07) is 7.16. The van der Waals surface area contributed by atoms with Gasteiger partial charge in [-0.25, -0.2) is 14.8 Å². The first kappa shape index (κ1) is 17.0. The van der Waals surface area contributed by atoms with Gasteiger partial charge in [-0.15, -0.1) is 0 Å². The number of anilines is 3. The standard InChI is InChI=1S/C17H22N6O2/c1-18-15-5-4-14(12-20-15)22-17(24)21-11-13-3-2-6-19-16(13)23-7-9-25-10-8-23/h2-6,12H,7-11H2,1H3,(H,18,20)(H2,21,22,24). The van der Waals surface area contributed by atoms with E-state index in [0.717, 1.165) is 30.3 Å². The Morgan fingerprint density at radius 2 is 2.08 bits per heavy atom. The van der Waals surface area contributed by atoms with E-state index in [1.165, 1.54) is 0 Å². The monoisotopic (exact) mass is 342 g/mol. The maximum atomic E-state index is 12.1. The third-order valence-corrected chi connectivity index (χ3v) is 3.90. The van der Waals surface area contributed by atoms with Gasteiger partial charge in [0.05, 0.1) is 25.1 Å². The molecule has 1 aliphatic rings. The van der Waals surface area contributed by atoms with E-state index in [1.807, 2.05) is 12.1 Å². The minimum absolute atomic E-state index is 0.282. The summed E-state index contributed by atoms with van der Waals surface area (Å²) in [6.07, 6.45) is 3.37. The van der Waals surface area contributed by atoms with Crippen LogP contribution >= 0.6 is 0 Å². The van der Waals surface area contributed by atoms with Crippen molar-refractivity contribution in [2.24, 2.45) is 0 Å². The molecule has 1 aliphatic heterocycles. The van der Waals surface area contributed by atoms with E-state index in [1.54, 1.807) is 31.6 Å². The normalized spacial score (nSPS) is 14.0. The third-order valence-electron chi connectivity index (χ3n) is 3.90. The summed E-state index contributed by atoms with van der Waals surface area (Å²) in [4.78, 5) is 22.9. The molecule has 8 nitrogen and oxygen atoms in total. The summed E-state index contributed by atoms with van der Waals surface area (Å²) in [5, 5.41) is 8.56. The molecule has 0 aliphatic carbocycles. The molecule has 1 saturated heterocycles. The molecule has 1 fully saturated rings. The number of ether oxygens (including phenoxy) is 1. The Morgan fingerprint density at radius 3 is 2.80 bits per heavy atom. The van der Waals surface area contributed by atoms with Crippen molar-refractivity contribution < 1.29 is 9.53 Å². The number of nitrogens with one attached hydrogen (secondary N) is 3. The van der Waals surface area contributed by atoms with Crippen molar-refractivity contribution >= 4 is 23.4 Å². The summed E-state index contributed by atoms with van der Waals surface area (Å²) < 4.78 is 5.38. The molecule has 3 N–H and O–H groups in total. The van der Waals surface area contributed by atoms with Gasteiger partial charge in [0.25, 0.3) is 0 Å². The van der Waals surface area contributed by atoms with Crippen molar-refractivity contribution in [1.82, 2.24) is 15.3 Å². The molecule has 0 atom stereocenters. The van der Waals surface area contributed by atoms with Crippen LogP contribution < -0.4 is 20.9 Å². The van der Waals surface area contributed by atoms with Gasteiger partial charge >= 0.3 is 6.03 Å². The van der Waals surface area contributed by atoms with Crippen molar-refractivity contribution in [3.05, 3.63) is 42.2 Å². The predicted molar refractivity (Wildman–Crippen MR) is 96.9 cm³/mol. The zero-order valence-corrected chi connectivity index (χ0v) is 14.2. The molecule has 0 saturated carbocycles. The largest absolute Gasteiger partial charge is 0.378 e. The minimum atomic E-state index is -0.282. The van der Waals surface area contributed by atoms with Crippen LogP contribution in [-0.4, -0.2) is 49.4 Å². The van der Waals surface area contributed by atoms with E-state index in [-0.39, 0.29) is 6.03 Å². The average molecular weight is 342 g/mol. The maximum absolute atomic E-state index is 12.1. The van der Waals surface area contributed by atoms with Crippen molar-refractivity contribution in [2.75, 3.05) is 48.9 Å². The molecular weight excluding hydrogens is 320 g/mol. The molecule has 2 aromatic heterocycles. The zero-order valence-electron chi connectivity index (χ0n) is 14.2. The van der Waals surface area contributed by atoms with Crippen LogP contribution in [0.5, 0.6) is 0 Å². The summed E-state index contributed by atoms with van der Waals surface area (Å²) in [6.45, 7) is 3.40. The highest BCUT2D eigenvalue weighted by Gasteiger charge is 2.16. The van der Waals surface area contributed by atoms with Crippen molar-refractivity contribution in [1.29, 1.82) is 0 Å². The van der Waals surface area contributed by atoms with Crippen LogP contribution in [0.15, 0.2) is 36.7 Å². The van der Waals surface area contributed by atoms with Crippen LogP contribution in [-0.2, 0) is 11.3 Å².